The molecule has 0 bridgehead atoms. The van der Waals surface area contributed by atoms with Crippen LogP contribution in [0.2, 0.25) is 0 Å². The highest BCUT2D eigenvalue weighted by molar-refractivity contribution is 7.00. The summed E-state index contributed by atoms with van der Waals surface area (Å²) in [5.41, 5.74) is 32.3. The molecule has 3 heterocycles. The monoisotopic (exact) mass is 1590 g/mol. The van der Waals surface area contributed by atoms with Gasteiger partial charge < -0.3 is 14.4 Å². The number of nitrogens with zero attached hydrogens (tertiary/aromatic N) is 3. The second kappa shape index (κ2) is 28.6. The molecular formula is C122H76BN3. The molecule has 0 N–H and O–H groups in total. The quantitative estimate of drug-likeness (QED) is 0.120. The molecule has 3 nitrogen and oxygen atoms in total. The maximum atomic E-state index is 2.63. The van der Waals surface area contributed by atoms with Crippen LogP contribution in [-0.2, 0) is 0 Å². The number of aromatic nitrogens is 1. The summed E-state index contributed by atoms with van der Waals surface area (Å²) in [5, 5.41) is 21.7. The van der Waals surface area contributed by atoms with E-state index < -0.39 is 0 Å². The zero-order valence-corrected chi connectivity index (χ0v) is 68.8. The van der Waals surface area contributed by atoms with Gasteiger partial charge in [-0.2, -0.15) is 0 Å². The minimum absolute atomic E-state index is 0.331. The van der Waals surface area contributed by atoms with Crippen LogP contribution in [0.25, 0.3) is 203 Å². The maximum Gasteiger partial charge on any atom is 0.252 e. The summed E-state index contributed by atoms with van der Waals surface area (Å²) in [6.45, 7) is -0.331. The lowest BCUT2D eigenvalue weighted by molar-refractivity contribution is 1.16. The second-order valence-corrected chi connectivity index (χ2v) is 34.1. The number of benzene rings is 23. The molecular weight excluding hydrogens is 1520 g/mol. The first-order valence-corrected chi connectivity index (χ1v) is 43.8. The molecule has 0 unspecified atom stereocenters. The fourth-order valence-electron chi connectivity index (χ4n) is 21.4. The van der Waals surface area contributed by atoms with Gasteiger partial charge in [-0.15, -0.1) is 0 Å². The fourth-order valence-corrected chi connectivity index (χ4v) is 21.4. The fraction of sp³-hybridized carbons (Fsp3) is 0. The van der Waals surface area contributed by atoms with Crippen LogP contribution < -0.4 is 26.2 Å². The normalized spacial score (nSPS) is 12.4. The van der Waals surface area contributed by atoms with Crippen LogP contribution in [0.3, 0.4) is 0 Å². The van der Waals surface area contributed by atoms with E-state index in [0.717, 1.165) is 73.1 Å². The van der Waals surface area contributed by atoms with E-state index >= 15 is 0 Å². The number of para-hydroxylation sites is 2. The van der Waals surface area contributed by atoms with E-state index in [1.54, 1.807) is 0 Å². The predicted molar refractivity (Wildman–Crippen MR) is 538 cm³/mol. The van der Waals surface area contributed by atoms with Crippen molar-refractivity contribution in [2.75, 3.05) is 9.80 Å². The summed E-state index contributed by atoms with van der Waals surface area (Å²) < 4.78 is 2.53. The third-order valence-corrected chi connectivity index (χ3v) is 27.2. The maximum absolute atomic E-state index is 2.63. The summed E-state index contributed by atoms with van der Waals surface area (Å²) >= 11 is 0. The van der Waals surface area contributed by atoms with Crippen molar-refractivity contribution in [1.82, 2.24) is 4.57 Å². The molecule has 2 aliphatic heterocycles. The first kappa shape index (κ1) is 71.4. The van der Waals surface area contributed by atoms with Crippen molar-refractivity contribution < 1.29 is 0 Å². The molecule has 24 aromatic rings. The van der Waals surface area contributed by atoms with Gasteiger partial charge in [0.15, 0.2) is 0 Å². The zero-order valence-electron chi connectivity index (χ0n) is 68.8. The molecule has 582 valence electrons. The standard InChI is InChI=1S/C122H76BN3/c1-5-33-87-69-110(100-47-21-37-77-25-9-13-41-96(77)100)106(65-83(87)29-1)81-53-59-93(60-54-81)124-118-63-57-91(108-67-85-31-3-7-35-89(85)71-112(108)102-49-23-39-79-27-11-15-43-98(79)102)73-114(118)123-115-74-92(109-68-86-32-4-8-36-90(86)72-113(109)103-50-24-40-80-28-12-16-44-99(80)103)58-64-119(115)125(121-76-95(75-120(124)122(121)123)126-116-51-19-17-45-104(116)105-46-18-20-52-117(105)126)94-61-55-82(56-62-94)107-66-84-30-2-6-34-88(84)70-111(107)101-48-22-38-78-26-10-14-42-97(78)101/h1-76H. The van der Waals surface area contributed by atoms with E-state index in [0.29, 0.717) is 0 Å². The summed E-state index contributed by atoms with van der Waals surface area (Å²) in [4.78, 5) is 5.25. The van der Waals surface area contributed by atoms with Crippen molar-refractivity contribution in [3.8, 4) is 94.7 Å². The Bertz CT molecular complexity index is 8170. The van der Waals surface area contributed by atoms with Gasteiger partial charge in [0.25, 0.3) is 6.71 Å². The zero-order chi connectivity index (χ0) is 82.6. The van der Waals surface area contributed by atoms with E-state index in [1.807, 2.05) is 0 Å². The highest BCUT2D eigenvalue weighted by atomic mass is 15.2. The topological polar surface area (TPSA) is 11.4 Å². The Kier molecular flexibility index (Phi) is 16.2. The molecule has 0 amide bonds. The molecule has 4 heteroatoms. The molecule has 0 saturated heterocycles. The second-order valence-electron chi connectivity index (χ2n) is 34.1. The Morgan fingerprint density at radius 2 is 0.397 bits per heavy atom. The lowest BCUT2D eigenvalue weighted by Gasteiger charge is -2.45. The van der Waals surface area contributed by atoms with Crippen molar-refractivity contribution in [2.24, 2.45) is 0 Å². The van der Waals surface area contributed by atoms with Crippen LogP contribution in [0.5, 0.6) is 0 Å². The number of hydrogen-bond donors (Lipinski definition) is 0. The van der Waals surface area contributed by atoms with Crippen LogP contribution in [0.4, 0.5) is 34.1 Å². The number of fused-ring (bicyclic) bond motifs is 15. The largest absolute Gasteiger partial charge is 0.311 e. The lowest BCUT2D eigenvalue weighted by Crippen LogP contribution is -2.61. The highest BCUT2D eigenvalue weighted by Gasteiger charge is 2.45. The average molecular weight is 1590 g/mol. The number of anilines is 6. The molecule has 0 saturated carbocycles. The van der Waals surface area contributed by atoms with Gasteiger partial charge in [0, 0.05) is 44.9 Å². The van der Waals surface area contributed by atoms with Gasteiger partial charge >= 0.3 is 0 Å². The SMILES string of the molecule is c1ccc2cc(-c3cccc4ccccc34)c(-c3ccc(N4c5ccc(-c6cc7ccccc7cc6-c6cccc7ccccc67)cc5B5c6cc(-c7cc8ccccc8cc7-c7cccc8ccccc78)ccc6N(c6ccc(-c7cc8ccccc8cc7-c7cccc8ccccc78)cc6)c6cc(-n7c8ccccc8c8ccccc87)cc4c65)cc3)cc2c1. The summed E-state index contributed by atoms with van der Waals surface area (Å²) in [5.74, 6) is 0. The van der Waals surface area contributed by atoms with Gasteiger partial charge in [0.1, 0.15) is 0 Å². The molecule has 0 spiro atoms. The Balaban J connectivity index is 0.768. The van der Waals surface area contributed by atoms with Crippen LogP contribution in [0, 0.1) is 0 Å². The molecule has 26 rings (SSSR count). The Labute approximate surface area is 730 Å². The van der Waals surface area contributed by atoms with Gasteiger partial charge in [0.2, 0.25) is 0 Å². The van der Waals surface area contributed by atoms with E-state index in [9.17, 15) is 0 Å². The molecule has 0 radical (unpaired) electrons. The smallest absolute Gasteiger partial charge is 0.252 e. The summed E-state index contributed by atoms with van der Waals surface area (Å²) in [6.07, 6.45) is 0. The number of hydrogen-bond acceptors (Lipinski definition) is 2. The van der Waals surface area contributed by atoms with E-state index in [2.05, 4.69) is 475 Å². The van der Waals surface area contributed by atoms with Gasteiger partial charge in [-0.1, -0.05) is 352 Å². The molecule has 0 fully saturated rings. The molecule has 0 aliphatic carbocycles. The highest BCUT2D eigenvalue weighted by Crippen LogP contribution is 2.52. The number of rotatable bonds is 11. The molecule has 23 aromatic carbocycles. The van der Waals surface area contributed by atoms with E-state index in [4.69, 9.17) is 0 Å². The van der Waals surface area contributed by atoms with Crippen LogP contribution in [0.15, 0.2) is 461 Å². The lowest BCUT2D eigenvalue weighted by atomic mass is 9.33. The van der Waals surface area contributed by atoms with Crippen molar-refractivity contribution in [1.29, 1.82) is 0 Å². The summed E-state index contributed by atoms with van der Waals surface area (Å²) in [6, 6.07) is 175. The minimum atomic E-state index is -0.331. The van der Waals surface area contributed by atoms with Crippen molar-refractivity contribution in [2.45, 2.75) is 0 Å². The Morgan fingerprint density at radius 3 is 0.706 bits per heavy atom. The van der Waals surface area contributed by atoms with Gasteiger partial charge in [-0.25, -0.2) is 0 Å². The predicted octanol–water partition coefficient (Wildman–Crippen LogP) is 31.4. The van der Waals surface area contributed by atoms with E-state index in [-0.39, 0.29) is 6.71 Å². The average Bonchev–Trinajstić information content (AvgIpc) is 0.762. The van der Waals surface area contributed by atoms with Crippen molar-refractivity contribution >= 4 is 165 Å². The Morgan fingerprint density at radius 1 is 0.151 bits per heavy atom. The minimum Gasteiger partial charge on any atom is -0.311 e. The third-order valence-electron chi connectivity index (χ3n) is 27.2. The van der Waals surface area contributed by atoms with Gasteiger partial charge in [0.05, 0.1) is 16.7 Å². The first-order chi connectivity index (χ1) is 62.5. The van der Waals surface area contributed by atoms with Crippen LogP contribution in [0.1, 0.15) is 0 Å². The molecule has 2 aliphatic rings. The third kappa shape index (κ3) is 11.4. The molecule has 0 atom stereocenters. The van der Waals surface area contributed by atoms with Crippen molar-refractivity contribution in [3.63, 3.8) is 0 Å². The van der Waals surface area contributed by atoms with Crippen LogP contribution in [-0.4, -0.2) is 11.3 Å². The van der Waals surface area contributed by atoms with Gasteiger partial charge in [-0.3, -0.25) is 0 Å². The first-order valence-electron chi connectivity index (χ1n) is 43.8. The van der Waals surface area contributed by atoms with Crippen molar-refractivity contribution in [3.05, 3.63) is 461 Å². The van der Waals surface area contributed by atoms with Gasteiger partial charge in [-0.05, 0) is 301 Å². The van der Waals surface area contributed by atoms with Crippen LogP contribution >= 0.6 is 0 Å². The van der Waals surface area contributed by atoms with E-state index in [1.165, 1.54) is 180 Å². The molecule has 1 aromatic heterocycles. The summed E-state index contributed by atoms with van der Waals surface area (Å²) in [7, 11) is 0. The Hall–Kier alpha value is -16.4. The molecule has 126 heavy (non-hydrogen) atoms.